The van der Waals surface area contributed by atoms with E-state index in [1.807, 2.05) is 0 Å². The number of nitrogens with one attached hydrogen (secondary N) is 1. The van der Waals surface area contributed by atoms with Crippen molar-refractivity contribution >= 4 is 16.0 Å². The lowest BCUT2D eigenvalue weighted by Crippen LogP contribution is -2.22. The van der Waals surface area contributed by atoms with Crippen LogP contribution in [0.3, 0.4) is 0 Å². The minimum Gasteiger partial charge on any atom is -0.497 e. The summed E-state index contributed by atoms with van der Waals surface area (Å²) in [6, 6.07) is 3.15. The lowest BCUT2D eigenvalue weighted by atomic mass is 10.1. The number of benzene rings is 1. The number of methoxy groups -OCH3 is 1. The van der Waals surface area contributed by atoms with E-state index < -0.39 is 16.0 Å². The average Bonchev–Trinajstić information content (AvgIpc) is 2.35. The van der Waals surface area contributed by atoms with Gasteiger partial charge in [0.25, 0.3) is 0 Å². The first-order valence-corrected chi connectivity index (χ1v) is 7.04. The molecule has 1 rings (SSSR count). The van der Waals surface area contributed by atoms with Gasteiger partial charge in [-0.3, -0.25) is 4.79 Å². The molecule has 0 aliphatic rings. The van der Waals surface area contributed by atoms with Crippen LogP contribution in [0.25, 0.3) is 0 Å². The summed E-state index contributed by atoms with van der Waals surface area (Å²) >= 11 is 0. The van der Waals surface area contributed by atoms with E-state index in [9.17, 15) is 13.2 Å². The second-order valence-corrected chi connectivity index (χ2v) is 5.74. The largest absolute Gasteiger partial charge is 0.497 e. The number of aryl methyl sites for hydroxylation is 1. The molecule has 0 heterocycles. The lowest BCUT2D eigenvalue weighted by molar-refractivity contribution is -0.142. The predicted molar refractivity (Wildman–Crippen MR) is 69.4 cm³/mol. The predicted octanol–water partition coefficient (Wildman–Crippen LogP) is 0.975. The van der Waals surface area contributed by atoms with E-state index in [0.29, 0.717) is 16.9 Å². The molecule has 0 spiro atoms. The Morgan fingerprint density at radius 2 is 2.00 bits per heavy atom. The molecule has 1 aromatic rings. The van der Waals surface area contributed by atoms with Gasteiger partial charge in [0.15, 0.2) is 0 Å². The van der Waals surface area contributed by atoms with Gasteiger partial charge >= 0.3 is 5.97 Å². The summed E-state index contributed by atoms with van der Waals surface area (Å²) in [6.45, 7) is 2.80. The Balaban J connectivity index is 3.38. The Hall–Kier alpha value is -1.60. The van der Waals surface area contributed by atoms with Gasteiger partial charge in [-0.2, -0.15) is 0 Å². The monoisotopic (exact) mass is 287 g/mol. The second-order valence-electron chi connectivity index (χ2n) is 3.92. The first-order chi connectivity index (χ1) is 8.81. The molecule has 0 amide bonds. The number of hydrogen-bond acceptors (Lipinski definition) is 5. The van der Waals surface area contributed by atoms with Crippen LogP contribution < -0.4 is 9.46 Å². The lowest BCUT2D eigenvalue weighted by Gasteiger charge is -2.14. The van der Waals surface area contributed by atoms with Crippen molar-refractivity contribution in [3.8, 4) is 5.75 Å². The molecule has 6 nitrogen and oxygen atoms in total. The molecule has 0 aliphatic carbocycles. The molecule has 0 aromatic heterocycles. The fourth-order valence-electron chi connectivity index (χ4n) is 1.70. The van der Waals surface area contributed by atoms with Crippen molar-refractivity contribution < 1.29 is 22.7 Å². The highest BCUT2D eigenvalue weighted by Gasteiger charge is 2.21. The molecule has 1 N–H and O–H groups in total. The third-order valence-corrected chi connectivity index (χ3v) is 4.19. The fraction of sp³-hybridized carbons (Fsp3) is 0.417. The topological polar surface area (TPSA) is 81.7 Å². The maximum absolute atomic E-state index is 12.0. The average molecular weight is 287 g/mol. The normalized spacial score (nSPS) is 11.2. The van der Waals surface area contributed by atoms with Gasteiger partial charge in [0.05, 0.1) is 12.0 Å². The van der Waals surface area contributed by atoms with E-state index in [0.717, 1.165) is 0 Å². The Morgan fingerprint density at radius 1 is 1.37 bits per heavy atom. The molecule has 0 aliphatic heterocycles. The van der Waals surface area contributed by atoms with Crippen molar-refractivity contribution in [1.29, 1.82) is 0 Å². The molecule has 106 valence electrons. The van der Waals surface area contributed by atoms with Crippen molar-refractivity contribution in [3.63, 3.8) is 0 Å². The summed E-state index contributed by atoms with van der Waals surface area (Å²) < 4.78 is 36.2. The zero-order chi connectivity index (χ0) is 14.6. The summed E-state index contributed by atoms with van der Waals surface area (Å²) in [5, 5.41) is 0. The first kappa shape index (κ1) is 15.5. The molecule has 19 heavy (non-hydrogen) atoms. The molecule has 0 saturated heterocycles. The number of esters is 1. The van der Waals surface area contributed by atoms with Gasteiger partial charge in [0, 0.05) is 12.5 Å². The maximum atomic E-state index is 12.0. The van der Waals surface area contributed by atoms with E-state index in [-0.39, 0.29) is 11.5 Å². The summed E-state index contributed by atoms with van der Waals surface area (Å²) in [4.78, 5) is 11.0. The van der Waals surface area contributed by atoms with Gasteiger partial charge in [-0.15, -0.1) is 0 Å². The summed E-state index contributed by atoms with van der Waals surface area (Å²) in [7, 11) is -0.818. The van der Waals surface area contributed by atoms with Crippen LogP contribution in [0, 0.1) is 6.92 Å². The second kappa shape index (κ2) is 6.03. The van der Waals surface area contributed by atoms with Gasteiger partial charge < -0.3 is 9.47 Å². The first-order valence-electron chi connectivity index (χ1n) is 5.56. The molecule has 0 fully saturated rings. The smallest absolute Gasteiger partial charge is 0.302 e. The number of ether oxygens (including phenoxy) is 2. The SMILES string of the molecule is CNS(=O)(=O)c1c(C)cc(OC)cc1COC(C)=O. The van der Waals surface area contributed by atoms with Crippen LogP contribution >= 0.6 is 0 Å². The molecular formula is C12H17NO5S. The number of carbonyl (C=O) groups is 1. The number of carbonyl (C=O) groups excluding carboxylic acids is 1. The van der Waals surface area contributed by atoms with Crippen LogP contribution in [0.2, 0.25) is 0 Å². The van der Waals surface area contributed by atoms with Gasteiger partial charge in [-0.25, -0.2) is 13.1 Å². The van der Waals surface area contributed by atoms with Crippen LogP contribution in [0.15, 0.2) is 17.0 Å². The van der Waals surface area contributed by atoms with Crippen molar-refractivity contribution in [2.75, 3.05) is 14.2 Å². The van der Waals surface area contributed by atoms with E-state index in [4.69, 9.17) is 9.47 Å². The van der Waals surface area contributed by atoms with E-state index >= 15 is 0 Å². The summed E-state index contributed by atoms with van der Waals surface area (Å²) in [6.07, 6.45) is 0. The zero-order valence-corrected chi connectivity index (χ0v) is 12.1. The van der Waals surface area contributed by atoms with Crippen LogP contribution in [0.1, 0.15) is 18.1 Å². The molecule has 0 bridgehead atoms. The number of rotatable bonds is 5. The van der Waals surface area contributed by atoms with Crippen molar-refractivity contribution in [2.45, 2.75) is 25.3 Å². The minimum atomic E-state index is -3.63. The van der Waals surface area contributed by atoms with Crippen molar-refractivity contribution in [2.24, 2.45) is 0 Å². The van der Waals surface area contributed by atoms with Gasteiger partial charge in [-0.05, 0) is 31.7 Å². The maximum Gasteiger partial charge on any atom is 0.302 e. The molecule has 7 heteroatoms. The van der Waals surface area contributed by atoms with Crippen LogP contribution in [-0.2, 0) is 26.2 Å². The highest BCUT2D eigenvalue weighted by Crippen LogP contribution is 2.26. The molecular weight excluding hydrogens is 270 g/mol. The highest BCUT2D eigenvalue weighted by molar-refractivity contribution is 7.89. The van der Waals surface area contributed by atoms with Crippen LogP contribution in [0.4, 0.5) is 0 Å². The quantitative estimate of drug-likeness (QED) is 0.816. The molecule has 0 radical (unpaired) electrons. The van der Waals surface area contributed by atoms with Crippen molar-refractivity contribution in [3.05, 3.63) is 23.3 Å². The van der Waals surface area contributed by atoms with Gasteiger partial charge in [0.2, 0.25) is 10.0 Å². The highest BCUT2D eigenvalue weighted by atomic mass is 32.2. The number of hydrogen-bond donors (Lipinski definition) is 1. The molecule has 1 aromatic carbocycles. The molecule has 0 atom stereocenters. The Bertz CT molecular complexity index is 580. The third-order valence-electron chi connectivity index (χ3n) is 2.53. The Labute approximate surface area is 112 Å². The zero-order valence-electron chi connectivity index (χ0n) is 11.3. The standard InChI is InChI=1S/C12H17NO5S/c1-8-5-11(17-4)6-10(7-18-9(2)14)12(8)19(15,16)13-3/h5-6,13H,7H2,1-4H3. The van der Waals surface area contributed by atoms with E-state index in [1.54, 1.807) is 19.1 Å². The van der Waals surface area contributed by atoms with Crippen LogP contribution in [0.5, 0.6) is 5.75 Å². The van der Waals surface area contributed by atoms with Gasteiger partial charge in [-0.1, -0.05) is 0 Å². The summed E-state index contributed by atoms with van der Waals surface area (Å²) in [5.41, 5.74) is 0.900. The minimum absolute atomic E-state index is 0.108. The molecule has 0 unspecified atom stereocenters. The third kappa shape index (κ3) is 3.68. The Kier molecular flexibility index (Phi) is 4.90. The van der Waals surface area contributed by atoms with E-state index in [2.05, 4.69) is 4.72 Å². The van der Waals surface area contributed by atoms with Crippen molar-refractivity contribution in [1.82, 2.24) is 4.72 Å². The Morgan fingerprint density at radius 3 is 2.47 bits per heavy atom. The number of sulfonamides is 1. The summed E-state index contributed by atoms with van der Waals surface area (Å²) in [5.74, 6) is 0.0305. The van der Waals surface area contributed by atoms with Crippen LogP contribution in [-0.4, -0.2) is 28.5 Å². The van der Waals surface area contributed by atoms with Gasteiger partial charge in [0.1, 0.15) is 12.4 Å². The fourth-order valence-corrected chi connectivity index (χ4v) is 2.85. The van der Waals surface area contributed by atoms with E-state index in [1.165, 1.54) is 21.1 Å². The molecule has 0 saturated carbocycles.